The van der Waals surface area contributed by atoms with Gasteiger partial charge in [-0.15, -0.1) is 0 Å². The minimum atomic E-state index is -0.594. The zero-order valence-electron chi connectivity index (χ0n) is 8.24. The van der Waals surface area contributed by atoms with Crippen LogP contribution in [0.3, 0.4) is 0 Å². The first kappa shape index (κ1) is 12.5. The average molecular weight is 247 g/mol. The third kappa shape index (κ3) is 2.96. The Morgan fingerprint density at radius 1 is 1.56 bits per heavy atom. The van der Waals surface area contributed by atoms with E-state index in [1.165, 1.54) is 12.1 Å². The molecule has 8 heteroatoms. The molecule has 0 aliphatic carbocycles. The summed E-state index contributed by atoms with van der Waals surface area (Å²) < 4.78 is 0. The molecule has 0 heterocycles. The van der Waals surface area contributed by atoms with Crippen molar-refractivity contribution < 1.29 is 10.0 Å². The van der Waals surface area contributed by atoms with Gasteiger partial charge in [0, 0.05) is 12.6 Å². The summed E-state index contributed by atoms with van der Waals surface area (Å²) >= 11 is 5.82. The van der Waals surface area contributed by atoms with E-state index in [1.54, 1.807) is 0 Å². The molecule has 0 unspecified atom stereocenters. The maximum Gasteiger partial charge on any atom is 0.294 e. The molecule has 0 bridgehead atoms. The number of hydrazine groups is 1. The van der Waals surface area contributed by atoms with Crippen molar-refractivity contribution in [2.45, 2.75) is 0 Å². The Kier molecular flexibility index (Phi) is 4.29. The van der Waals surface area contributed by atoms with Crippen LogP contribution in [0.15, 0.2) is 12.1 Å². The number of nitro groups is 1. The minimum absolute atomic E-state index is 0.00251. The second-order valence-electron chi connectivity index (χ2n) is 2.92. The van der Waals surface area contributed by atoms with Crippen molar-refractivity contribution in [2.24, 2.45) is 0 Å². The molecule has 1 aromatic rings. The number of nitrogens with one attached hydrogen (secondary N) is 2. The van der Waals surface area contributed by atoms with Crippen LogP contribution in [0.4, 0.5) is 17.1 Å². The Morgan fingerprint density at radius 2 is 2.25 bits per heavy atom. The first-order valence-corrected chi connectivity index (χ1v) is 4.77. The van der Waals surface area contributed by atoms with E-state index < -0.39 is 4.92 Å². The van der Waals surface area contributed by atoms with Gasteiger partial charge in [-0.1, -0.05) is 11.6 Å². The molecule has 0 aliphatic heterocycles. The number of nitrogen functional groups attached to an aromatic ring is 1. The Balaban J connectivity index is 2.91. The number of nitrogens with zero attached hydrogens (tertiary/aromatic N) is 1. The largest absolute Gasteiger partial charge is 0.395 e. The Labute approximate surface area is 96.3 Å². The number of anilines is 2. The molecule has 0 amide bonds. The number of hydrogen-bond acceptors (Lipinski definition) is 6. The van der Waals surface area contributed by atoms with Crippen molar-refractivity contribution >= 4 is 28.7 Å². The third-order valence-electron chi connectivity index (χ3n) is 1.77. The number of rotatable bonds is 5. The van der Waals surface area contributed by atoms with Crippen LogP contribution in [-0.2, 0) is 0 Å². The normalized spacial score (nSPS) is 10.1. The first-order valence-electron chi connectivity index (χ1n) is 4.39. The summed E-state index contributed by atoms with van der Waals surface area (Å²) in [5.74, 6) is 0. The fourth-order valence-corrected chi connectivity index (χ4v) is 1.26. The van der Waals surface area contributed by atoms with Crippen LogP contribution in [0.5, 0.6) is 0 Å². The van der Waals surface area contributed by atoms with Crippen LogP contribution in [0.2, 0.25) is 5.02 Å². The number of hydrogen-bond donors (Lipinski definition) is 4. The van der Waals surface area contributed by atoms with Crippen molar-refractivity contribution in [1.29, 1.82) is 0 Å². The van der Waals surface area contributed by atoms with E-state index in [1.807, 2.05) is 0 Å². The maximum absolute atomic E-state index is 10.6. The molecule has 0 spiro atoms. The average Bonchev–Trinajstić information content (AvgIpc) is 2.21. The molecule has 0 atom stereocenters. The van der Waals surface area contributed by atoms with Gasteiger partial charge in [0.25, 0.3) is 5.69 Å². The van der Waals surface area contributed by atoms with Crippen LogP contribution in [0.25, 0.3) is 0 Å². The summed E-state index contributed by atoms with van der Waals surface area (Å²) in [5.41, 5.74) is 10.8. The molecule has 1 rings (SSSR count). The number of nitro benzene ring substituents is 1. The summed E-state index contributed by atoms with van der Waals surface area (Å²) in [5, 5.41) is 19.4. The lowest BCUT2D eigenvalue weighted by Gasteiger charge is -2.09. The van der Waals surface area contributed by atoms with Gasteiger partial charge in [-0.25, -0.2) is 5.43 Å². The Bertz CT molecular complexity index is 399. The maximum atomic E-state index is 10.6. The van der Waals surface area contributed by atoms with Crippen molar-refractivity contribution in [3.05, 3.63) is 27.3 Å². The van der Waals surface area contributed by atoms with E-state index in [4.69, 9.17) is 22.4 Å². The van der Waals surface area contributed by atoms with Crippen LogP contribution in [0, 0.1) is 10.1 Å². The molecule has 88 valence electrons. The number of halogens is 1. The van der Waals surface area contributed by atoms with Gasteiger partial charge in [-0.3, -0.25) is 10.1 Å². The van der Waals surface area contributed by atoms with Gasteiger partial charge in [0.15, 0.2) is 0 Å². The van der Waals surface area contributed by atoms with E-state index in [0.717, 1.165) is 0 Å². The van der Waals surface area contributed by atoms with Crippen molar-refractivity contribution in [2.75, 3.05) is 24.3 Å². The SMILES string of the molecule is Nc1cc(Cl)c(NNCCO)cc1[N+](=O)[O-]. The zero-order valence-corrected chi connectivity index (χ0v) is 8.99. The number of aliphatic hydroxyl groups is 1. The summed E-state index contributed by atoms with van der Waals surface area (Å²) in [6.07, 6.45) is 0. The highest BCUT2D eigenvalue weighted by Crippen LogP contribution is 2.31. The van der Waals surface area contributed by atoms with E-state index >= 15 is 0 Å². The molecule has 7 nitrogen and oxygen atoms in total. The van der Waals surface area contributed by atoms with Crippen molar-refractivity contribution in [3.63, 3.8) is 0 Å². The molecular formula is C8H11ClN4O3. The summed E-state index contributed by atoms with van der Waals surface area (Å²) in [6.45, 7) is 0.218. The summed E-state index contributed by atoms with van der Waals surface area (Å²) in [7, 11) is 0. The summed E-state index contributed by atoms with van der Waals surface area (Å²) in [4.78, 5) is 10.0. The lowest BCUT2D eigenvalue weighted by molar-refractivity contribution is -0.383. The fraction of sp³-hybridized carbons (Fsp3) is 0.250. The smallest absolute Gasteiger partial charge is 0.294 e. The number of benzene rings is 1. The van der Waals surface area contributed by atoms with Crippen LogP contribution < -0.4 is 16.6 Å². The molecule has 1 aromatic carbocycles. The zero-order chi connectivity index (χ0) is 12.1. The van der Waals surface area contributed by atoms with Crippen molar-refractivity contribution in [3.8, 4) is 0 Å². The quantitative estimate of drug-likeness (QED) is 0.264. The van der Waals surface area contributed by atoms with Crippen LogP contribution >= 0.6 is 11.6 Å². The van der Waals surface area contributed by atoms with E-state index in [0.29, 0.717) is 5.69 Å². The first-order chi connectivity index (χ1) is 7.56. The predicted molar refractivity (Wildman–Crippen MR) is 61.2 cm³/mol. The van der Waals surface area contributed by atoms with Gasteiger partial charge in [0.1, 0.15) is 5.69 Å². The standard InChI is InChI=1S/C8H11ClN4O3/c9-5-3-6(10)8(13(15)16)4-7(5)12-11-1-2-14/h3-4,11-12,14H,1-2,10H2. The highest BCUT2D eigenvalue weighted by Gasteiger charge is 2.14. The molecule has 0 radical (unpaired) electrons. The van der Waals surface area contributed by atoms with E-state index in [2.05, 4.69) is 10.9 Å². The Morgan fingerprint density at radius 3 is 2.81 bits per heavy atom. The van der Waals surface area contributed by atoms with Gasteiger partial charge in [-0.2, -0.15) is 0 Å². The molecular weight excluding hydrogens is 236 g/mol. The monoisotopic (exact) mass is 246 g/mol. The van der Waals surface area contributed by atoms with Gasteiger partial charge in [0.05, 0.1) is 22.2 Å². The lowest BCUT2D eigenvalue weighted by atomic mass is 10.2. The fourth-order valence-electron chi connectivity index (χ4n) is 1.04. The minimum Gasteiger partial charge on any atom is -0.395 e. The number of nitrogens with two attached hydrogens (primary N) is 1. The van der Waals surface area contributed by atoms with Gasteiger partial charge in [-0.05, 0) is 6.07 Å². The second-order valence-corrected chi connectivity index (χ2v) is 3.33. The third-order valence-corrected chi connectivity index (χ3v) is 2.09. The molecule has 16 heavy (non-hydrogen) atoms. The van der Waals surface area contributed by atoms with Crippen LogP contribution in [0.1, 0.15) is 0 Å². The molecule has 0 aromatic heterocycles. The second kappa shape index (κ2) is 5.50. The molecule has 0 saturated heterocycles. The van der Waals surface area contributed by atoms with Gasteiger partial charge in [0.2, 0.25) is 0 Å². The lowest BCUT2D eigenvalue weighted by Crippen LogP contribution is -2.25. The van der Waals surface area contributed by atoms with Crippen molar-refractivity contribution in [1.82, 2.24) is 5.43 Å². The summed E-state index contributed by atoms with van der Waals surface area (Å²) in [6, 6.07) is 2.52. The van der Waals surface area contributed by atoms with Crippen LogP contribution in [-0.4, -0.2) is 23.2 Å². The topological polar surface area (TPSA) is 113 Å². The number of aliphatic hydroxyl groups excluding tert-OH is 1. The molecule has 0 saturated carbocycles. The molecule has 0 fully saturated rings. The van der Waals surface area contributed by atoms with Gasteiger partial charge >= 0.3 is 0 Å². The molecule has 5 N–H and O–H groups in total. The van der Waals surface area contributed by atoms with E-state index in [-0.39, 0.29) is 29.5 Å². The van der Waals surface area contributed by atoms with E-state index in [9.17, 15) is 10.1 Å². The Hall–Kier alpha value is -1.57. The van der Waals surface area contributed by atoms with Gasteiger partial charge < -0.3 is 16.3 Å². The predicted octanol–water partition coefficient (Wildman–Crippen LogP) is 0.739. The highest BCUT2D eigenvalue weighted by molar-refractivity contribution is 6.33. The highest BCUT2D eigenvalue weighted by atomic mass is 35.5. The molecule has 0 aliphatic rings.